The van der Waals surface area contributed by atoms with E-state index in [1.807, 2.05) is 20.0 Å². The molecule has 0 aliphatic heterocycles. The normalized spacial score (nSPS) is 12.1. The van der Waals surface area contributed by atoms with Gasteiger partial charge in [0, 0.05) is 18.4 Å². The Kier molecular flexibility index (Phi) is 3.67. The van der Waals surface area contributed by atoms with Crippen LogP contribution >= 0.6 is 0 Å². The Labute approximate surface area is 85.8 Å². The van der Waals surface area contributed by atoms with Crippen LogP contribution in [-0.2, 0) is 6.54 Å². The van der Waals surface area contributed by atoms with Crippen LogP contribution in [0.4, 0.5) is 0 Å². The average molecular weight is 188 g/mol. The Morgan fingerprint density at radius 1 is 1.57 bits per heavy atom. The highest BCUT2D eigenvalue weighted by molar-refractivity contribution is 5.24. The zero-order valence-corrected chi connectivity index (χ0v) is 8.96. The number of rotatable bonds is 3. The van der Waals surface area contributed by atoms with Gasteiger partial charge in [0.1, 0.15) is 0 Å². The minimum Gasteiger partial charge on any atom is -0.300 e. The van der Waals surface area contributed by atoms with E-state index in [9.17, 15) is 0 Å². The minimum atomic E-state index is 0.107. The van der Waals surface area contributed by atoms with Gasteiger partial charge >= 0.3 is 0 Å². The summed E-state index contributed by atoms with van der Waals surface area (Å²) in [7, 11) is 0. The van der Waals surface area contributed by atoms with Crippen molar-refractivity contribution in [1.82, 2.24) is 10.3 Å². The highest BCUT2D eigenvalue weighted by Gasteiger charge is 2.00. The molecule has 0 aliphatic carbocycles. The number of pyridine rings is 1. The topological polar surface area (TPSA) is 24.9 Å². The molecule has 74 valence electrons. The van der Waals surface area contributed by atoms with Gasteiger partial charge in [-0.1, -0.05) is 5.92 Å². The Hall–Kier alpha value is -1.33. The molecule has 1 heterocycles. The number of hydrogen-bond acceptors (Lipinski definition) is 2. The van der Waals surface area contributed by atoms with Crippen LogP contribution in [0.1, 0.15) is 23.7 Å². The maximum Gasteiger partial charge on any atom is 0.0660 e. The molecular formula is C12H16N2. The molecule has 0 aliphatic rings. The zero-order chi connectivity index (χ0) is 10.6. The first-order valence-corrected chi connectivity index (χ1v) is 4.75. The molecule has 2 heteroatoms. The predicted molar refractivity (Wildman–Crippen MR) is 58.8 cm³/mol. The molecule has 1 aromatic rings. The fourth-order valence-corrected chi connectivity index (χ4v) is 1.23. The summed E-state index contributed by atoms with van der Waals surface area (Å²) in [6.45, 7) is 6.84. The van der Waals surface area contributed by atoms with E-state index in [0.29, 0.717) is 0 Å². The van der Waals surface area contributed by atoms with Gasteiger partial charge in [0.25, 0.3) is 0 Å². The summed E-state index contributed by atoms with van der Waals surface area (Å²) < 4.78 is 0. The van der Waals surface area contributed by atoms with Gasteiger partial charge in [-0.3, -0.25) is 10.3 Å². The second-order valence-electron chi connectivity index (χ2n) is 3.52. The molecule has 2 nitrogen and oxygen atoms in total. The average Bonchev–Trinajstić information content (AvgIpc) is 2.16. The third kappa shape index (κ3) is 2.86. The molecule has 1 aromatic heterocycles. The largest absolute Gasteiger partial charge is 0.300 e. The van der Waals surface area contributed by atoms with Crippen LogP contribution in [0, 0.1) is 26.2 Å². The van der Waals surface area contributed by atoms with E-state index in [1.165, 1.54) is 11.1 Å². The first-order chi connectivity index (χ1) is 6.63. The lowest BCUT2D eigenvalue weighted by Crippen LogP contribution is -2.24. The number of aromatic nitrogens is 1. The van der Waals surface area contributed by atoms with Crippen LogP contribution < -0.4 is 5.32 Å². The molecule has 1 atom stereocenters. The van der Waals surface area contributed by atoms with Crippen LogP contribution in [0.15, 0.2) is 12.3 Å². The lowest BCUT2D eigenvalue weighted by Gasteiger charge is -2.09. The van der Waals surface area contributed by atoms with E-state index in [0.717, 1.165) is 12.2 Å². The van der Waals surface area contributed by atoms with Gasteiger partial charge in [0.15, 0.2) is 0 Å². The van der Waals surface area contributed by atoms with Crippen LogP contribution in [0.25, 0.3) is 0 Å². The highest BCUT2D eigenvalue weighted by Crippen LogP contribution is 2.07. The molecule has 1 unspecified atom stereocenters. The quantitative estimate of drug-likeness (QED) is 0.732. The Morgan fingerprint density at radius 2 is 2.29 bits per heavy atom. The van der Waals surface area contributed by atoms with Crippen LogP contribution in [-0.4, -0.2) is 11.0 Å². The summed E-state index contributed by atoms with van der Waals surface area (Å²) in [5.41, 5.74) is 3.52. The van der Waals surface area contributed by atoms with E-state index in [-0.39, 0.29) is 6.04 Å². The molecular weight excluding hydrogens is 172 g/mol. The Balaban J connectivity index is 2.64. The summed E-state index contributed by atoms with van der Waals surface area (Å²) in [5, 5.41) is 3.23. The lowest BCUT2D eigenvalue weighted by atomic mass is 10.1. The molecule has 0 bridgehead atoms. The van der Waals surface area contributed by atoms with E-state index < -0.39 is 0 Å². The van der Waals surface area contributed by atoms with Crippen molar-refractivity contribution in [3.05, 3.63) is 29.1 Å². The van der Waals surface area contributed by atoms with E-state index >= 15 is 0 Å². The van der Waals surface area contributed by atoms with Gasteiger partial charge in [-0.15, -0.1) is 6.42 Å². The van der Waals surface area contributed by atoms with Gasteiger partial charge in [-0.25, -0.2) is 0 Å². The third-order valence-corrected chi connectivity index (χ3v) is 2.20. The minimum absolute atomic E-state index is 0.107. The monoisotopic (exact) mass is 188 g/mol. The van der Waals surface area contributed by atoms with Gasteiger partial charge in [-0.2, -0.15) is 0 Å². The highest BCUT2D eigenvalue weighted by atomic mass is 14.9. The van der Waals surface area contributed by atoms with Crippen molar-refractivity contribution in [2.75, 3.05) is 0 Å². The summed E-state index contributed by atoms with van der Waals surface area (Å²) >= 11 is 0. The maximum absolute atomic E-state index is 5.27. The van der Waals surface area contributed by atoms with E-state index in [4.69, 9.17) is 6.42 Å². The zero-order valence-electron chi connectivity index (χ0n) is 8.96. The van der Waals surface area contributed by atoms with Crippen molar-refractivity contribution in [1.29, 1.82) is 0 Å². The predicted octanol–water partition coefficient (Wildman–Crippen LogP) is 1.81. The fourth-order valence-electron chi connectivity index (χ4n) is 1.23. The summed E-state index contributed by atoms with van der Waals surface area (Å²) in [4.78, 5) is 4.25. The molecule has 0 saturated carbocycles. The molecule has 1 N–H and O–H groups in total. The van der Waals surface area contributed by atoms with Gasteiger partial charge in [0.05, 0.1) is 6.04 Å². The van der Waals surface area contributed by atoms with Crippen molar-refractivity contribution in [3.63, 3.8) is 0 Å². The third-order valence-electron chi connectivity index (χ3n) is 2.20. The molecule has 0 aromatic carbocycles. The first-order valence-electron chi connectivity index (χ1n) is 4.75. The van der Waals surface area contributed by atoms with Gasteiger partial charge in [-0.05, 0) is 38.0 Å². The van der Waals surface area contributed by atoms with Crippen molar-refractivity contribution < 1.29 is 0 Å². The summed E-state index contributed by atoms with van der Waals surface area (Å²) in [6.07, 6.45) is 7.17. The number of aryl methyl sites for hydroxylation is 2. The van der Waals surface area contributed by atoms with E-state index in [2.05, 4.69) is 29.2 Å². The van der Waals surface area contributed by atoms with Crippen LogP contribution in [0.5, 0.6) is 0 Å². The summed E-state index contributed by atoms with van der Waals surface area (Å²) in [6, 6.07) is 2.19. The smallest absolute Gasteiger partial charge is 0.0660 e. The molecule has 0 saturated heterocycles. The van der Waals surface area contributed by atoms with Crippen molar-refractivity contribution >= 4 is 0 Å². The van der Waals surface area contributed by atoms with Gasteiger partial charge in [0.2, 0.25) is 0 Å². The van der Waals surface area contributed by atoms with Crippen molar-refractivity contribution in [2.24, 2.45) is 0 Å². The number of terminal acetylenes is 1. The van der Waals surface area contributed by atoms with Gasteiger partial charge < -0.3 is 0 Å². The Bertz CT molecular complexity index is 350. The molecule has 0 amide bonds. The lowest BCUT2D eigenvalue weighted by molar-refractivity contribution is 0.644. The standard InChI is InChI=1S/C12H16N2/c1-5-10(3)13-7-12-8-14-11(4)6-9(12)2/h1,6,8,10,13H,7H2,2-4H3. The second kappa shape index (κ2) is 4.78. The maximum atomic E-state index is 5.27. The SMILES string of the molecule is C#CC(C)NCc1cnc(C)cc1C. The molecule has 0 fully saturated rings. The molecule has 0 spiro atoms. The van der Waals surface area contributed by atoms with E-state index in [1.54, 1.807) is 0 Å². The van der Waals surface area contributed by atoms with Crippen molar-refractivity contribution in [2.45, 2.75) is 33.4 Å². The number of nitrogens with zero attached hydrogens (tertiary/aromatic N) is 1. The number of nitrogens with one attached hydrogen (secondary N) is 1. The molecule has 0 radical (unpaired) electrons. The fraction of sp³-hybridized carbons (Fsp3) is 0.417. The second-order valence-corrected chi connectivity index (χ2v) is 3.52. The molecule has 14 heavy (non-hydrogen) atoms. The van der Waals surface area contributed by atoms with Crippen LogP contribution in [0.3, 0.4) is 0 Å². The molecule has 1 rings (SSSR count). The van der Waals surface area contributed by atoms with Crippen molar-refractivity contribution in [3.8, 4) is 12.3 Å². The summed E-state index contributed by atoms with van der Waals surface area (Å²) in [5.74, 6) is 2.63. The first kappa shape index (κ1) is 10.7. The van der Waals surface area contributed by atoms with Crippen LogP contribution in [0.2, 0.25) is 0 Å². The Morgan fingerprint density at radius 3 is 2.86 bits per heavy atom. The number of hydrogen-bond donors (Lipinski definition) is 1.